The van der Waals surface area contributed by atoms with Crippen LogP contribution in [0.15, 0.2) is 28.4 Å². The van der Waals surface area contributed by atoms with Crippen molar-refractivity contribution in [3.63, 3.8) is 0 Å². The van der Waals surface area contributed by atoms with Gasteiger partial charge in [-0.3, -0.25) is 0 Å². The van der Waals surface area contributed by atoms with E-state index in [1.165, 1.54) is 6.07 Å². The molecule has 0 saturated heterocycles. The maximum atomic E-state index is 13.2. The standard InChI is InChI=1S/C12H13F2N3/c1-2-7-6-11(15)16-17-12(7)8-3-4-9(13)10(14)5-8/h3-5,7H,2,6H2,1H3,(H2,15,16). The molecule has 2 rings (SSSR count). The Bertz CT molecular complexity index is 495. The highest BCUT2D eigenvalue weighted by Gasteiger charge is 2.22. The molecule has 2 N–H and O–H groups in total. The SMILES string of the molecule is CCC1CC(N)=NN=C1c1ccc(F)c(F)c1. The van der Waals surface area contributed by atoms with E-state index in [4.69, 9.17) is 5.73 Å². The van der Waals surface area contributed by atoms with E-state index in [0.717, 1.165) is 18.6 Å². The summed E-state index contributed by atoms with van der Waals surface area (Å²) >= 11 is 0. The molecule has 0 saturated carbocycles. The second-order valence-corrected chi connectivity index (χ2v) is 4.01. The highest BCUT2D eigenvalue weighted by atomic mass is 19.2. The second-order valence-electron chi connectivity index (χ2n) is 4.01. The van der Waals surface area contributed by atoms with Crippen LogP contribution in [0.5, 0.6) is 0 Å². The van der Waals surface area contributed by atoms with Gasteiger partial charge in [0.25, 0.3) is 0 Å². The number of nitrogens with two attached hydrogens (primary N) is 1. The first-order valence-electron chi connectivity index (χ1n) is 5.47. The van der Waals surface area contributed by atoms with Crippen molar-refractivity contribution in [2.24, 2.45) is 21.9 Å². The minimum atomic E-state index is -0.873. The molecule has 0 fully saturated rings. The van der Waals surface area contributed by atoms with E-state index < -0.39 is 11.6 Å². The van der Waals surface area contributed by atoms with Crippen molar-refractivity contribution >= 4 is 11.5 Å². The Kier molecular flexibility index (Phi) is 3.17. The predicted molar refractivity (Wildman–Crippen MR) is 62.9 cm³/mol. The fourth-order valence-electron chi connectivity index (χ4n) is 1.88. The number of hydrogen-bond acceptors (Lipinski definition) is 3. The molecule has 1 aliphatic rings. The van der Waals surface area contributed by atoms with Gasteiger partial charge in [-0.2, -0.15) is 5.10 Å². The summed E-state index contributed by atoms with van der Waals surface area (Å²) in [7, 11) is 0. The molecule has 0 spiro atoms. The van der Waals surface area contributed by atoms with Gasteiger partial charge < -0.3 is 5.73 Å². The van der Waals surface area contributed by atoms with Crippen molar-refractivity contribution in [3.8, 4) is 0 Å². The molecule has 1 aromatic rings. The van der Waals surface area contributed by atoms with E-state index in [1.807, 2.05) is 6.92 Å². The molecule has 5 heteroatoms. The first-order chi connectivity index (χ1) is 8.11. The Balaban J connectivity index is 2.40. The number of rotatable bonds is 2. The van der Waals surface area contributed by atoms with E-state index in [2.05, 4.69) is 10.2 Å². The highest BCUT2D eigenvalue weighted by Crippen LogP contribution is 2.21. The summed E-state index contributed by atoms with van der Waals surface area (Å²) in [5.41, 5.74) is 6.83. The van der Waals surface area contributed by atoms with Gasteiger partial charge in [-0.25, -0.2) is 8.78 Å². The fraction of sp³-hybridized carbons (Fsp3) is 0.333. The lowest BCUT2D eigenvalue weighted by atomic mass is 9.90. The van der Waals surface area contributed by atoms with Crippen molar-refractivity contribution in [2.75, 3.05) is 0 Å². The summed E-state index contributed by atoms with van der Waals surface area (Å²) in [6.07, 6.45) is 1.43. The van der Waals surface area contributed by atoms with Gasteiger partial charge >= 0.3 is 0 Å². The van der Waals surface area contributed by atoms with Gasteiger partial charge in [-0.15, -0.1) is 5.10 Å². The Morgan fingerprint density at radius 3 is 2.71 bits per heavy atom. The monoisotopic (exact) mass is 237 g/mol. The topological polar surface area (TPSA) is 50.7 Å². The van der Waals surface area contributed by atoms with Crippen LogP contribution in [0.25, 0.3) is 0 Å². The van der Waals surface area contributed by atoms with Crippen molar-refractivity contribution in [1.29, 1.82) is 0 Å². The first-order valence-corrected chi connectivity index (χ1v) is 5.47. The molecule has 3 nitrogen and oxygen atoms in total. The lowest BCUT2D eigenvalue weighted by molar-refractivity contribution is 0.508. The third kappa shape index (κ3) is 2.33. The number of hydrogen-bond donors (Lipinski definition) is 1. The summed E-state index contributed by atoms with van der Waals surface area (Å²) in [5, 5.41) is 7.80. The smallest absolute Gasteiger partial charge is 0.159 e. The Morgan fingerprint density at radius 2 is 2.06 bits per heavy atom. The van der Waals surface area contributed by atoms with Gasteiger partial charge in [0.1, 0.15) is 5.84 Å². The molecule has 0 aromatic heterocycles. The van der Waals surface area contributed by atoms with Crippen LogP contribution in [0.1, 0.15) is 25.3 Å². The van der Waals surface area contributed by atoms with Gasteiger partial charge in [0.2, 0.25) is 0 Å². The van der Waals surface area contributed by atoms with Crippen LogP contribution in [-0.4, -0.2) is 11.5 Å². The zero-order valence-corrected chi connectivity index (χ0v) is 9.45. The van der Waals surface area contributed by atoms with Gasteiger partial charge in [-0.05, 0) is 24.6 Å². The molecule has 1 heterocycles. The lowest BCUT2D eigenvalue weighted by Crippen LogP contribution is -2.26. The van der Waals surface area contributed by atoms with Crippen molar-refractivity contribution < 1.29 is 8.78 Å². The molecular formula is C12H13F2N3. The maximum absolute atomic E-state index is 13.2. The lowest BCUT2D eigenvalue weighted by Gasteiger charge is -2.19. The van der Waals surface area contributed by atoms with Crippen LogP contribution in [0, 0.1) is 17.6 Å². The Morgan fingerprint density at radius 1 is 1.29 bits per heavy atom. The van der Waals surface area contributed by atoms with Gasteiger partial charge in [-0.1, -0.05) is 6.92 Å². The third-order valence-corrected chi connectivity index (χ3v) is 2.84. The minimum Gasteiger partial charge on any atom is -0.386 e. The van der Waals surface area contributed by atoms with Crippen LogP contribution in [-0.2, 0) is 0 Å². The predicted octanol–water partition coefficient (Wildman–Crippen LogP) is 2.46. The number of amidine groups is 1. The van der Waals surface area contributed by atoms with E-state index >= 15 is 0 Å². The molecule has 1 aromatic carbocycles. The summed E-state index contributed by atoms with van der Waals surface area (Å²) in [4.78, 5) is 0. The molecule has 0 aliphatic carbocycles. The molecule has 17 heavy (non-hydrogen) atoms. The fourth-order valence-corrected chi connectivity index (χ4v) is 1.88. The van der Waals surface area contributed by atoms with Crippen molar-refractivity contribution in [1.82, 2.24) is 0 Å². The maximum Gasteiger partial charge on any atom is 0.159 e. The average Bonchev–Trinajstić information content (AvgIpc) is 2.32. The molecule has 0 bridgehead atoms. The van der Waals surface area contributed by atoms with Gasteiger partial charge in [0.05, 0.1) is 5.71 Å². The molecule has 1 unspecified atom stereocenters. The van der Waals surface area contributed by atoms with Crippen LogP contribution in [0.2, 0.25) is 0 Å². The second kappa shape index (κ2) is 4.61. The van der Waals surface area contributed by atoms with E-state index in [9.17, 15) is 8.78 Å². The average molecular weight is 237 g/mol. The van der Waals surface area contributed by atoms with Crippen LogP contribution in [0.4, 0.5) is 8.78 Å². The van der Waals surface area contributed by atoms with E-state index in [0.29, 0.717) is 23.5 Å². The number of halogens is 2. The Hall–Kier alpha value is -1.78. The van der Waals surface area contributed by atoms with E-state index in [1.54, 1.807) is 0 Å². The molecule has 0 radical (unpaired) electrons. The van der Waals surface area contributed by atoms with E-state index in [-0.39, 0.29) is 5.92 Å². The minimum absolute atomic E-state index is 0.109. The van der Waals surface area contributed by atoms with Crippen molar-refractivity contribution in [2.45, 2.75) is 19.8 Å². The van der Waals surface area contributed by atoms with Crippen molar-refractivity contribution in [3.05, 3.63) is 35.4 Å². The molecule has 0 amide bonds. The molecule has 90 valence electrons. The van der Waals surface area contributed by atoms with Gasteiger partial charge in [0, 0.05) is 17.9 Å². The summed E-state index contributed by atoms with van der Waals surface area (Å²) in [5.74, 6) is -1.15. The highest BCUT2D eigenvalue weighted by molar-refractivity contribution is 6.05. The summed E-state index contributed by atoms with van der Waals surface area (Å²) in [6.45, 7) is 2.00. The molecular weight excluding hydrogens is 224 g/mol. The summed E-state index contributed by atoms with van der Waals surface area (Å²) in [6, 6.07) is 3.76. The zero-order valence-electron chi connectivity index (χ0n) is 9.45. The third-order valence-electron chi connectivity index (χ3n) is 2.84. The molecule has 1 atom stereocenters. The van der Waals surface area contributed by atoms with Crippen LogP contribution >= 0.6 is 0 Å². The Labute approximate surface area is 98.0 Å². The number of nitrogens with zero attached hydrogens (tertiary/aromatic N) is 2. The van der Waals surface area contributed by atoms with Crippen LogP contribution in [0.3, 0.4) is 0 Å². The first kappa shape index (κ1) is 11.7. The largest absolute Gasteiger partial charge is 0.386 e. The molecule has 1 aliphatic heterocycles. The quantitative estimate of drug-likeness (QED) is 0.843. The normalized spacial score (nSPS) is 19.8. The zero-order chi connectivity index (χ0) is 12.4. The number of benzene rings is 1. The summed E-state index contributed by atoms with van der Waals surface area (Å²) < 4.78 is 26.0. The van der Waals surface area contributed by atoms with Crippen LogP contribution < -0.4 is 5.73 Å². The van der Waals surface area contributed by atoms with Gasteiger partial charge in [0.15, 0.2) is 11.6 Å².